The number of rotatable bonds is 3. The molecule has 2 N–H and O–H groups in total. The number of likely N-dealkylation sites (tertiary alicyclic amines) is 1. The topological polar surface area (TPSA) is 46.3 Å². The average molecular weight is 282 g/mol. The summed E-state index contributed by atoms with van der Waals surface area (Å²) in [6.45, 7) is 3.25. The SMILES string of the molecule is CC(N)C1CCCN(C(=O)Cc2ccc(F)cc2F)C1. The van der Waals surface area contributed by atoms with E-state index in [1.165, 1.54) is 12.1 Å². The van der Waals surface area contributed by atoms with Crippen LogP contribution in [0.25, 0.3) is 0 Å². The lowest BCUT2D eigenvalue weighted by atomic mass is 9.92. The second-order valence-electron chi connectivity index (χ2n) is 5.51. The number of nitrogens with two attached hydrogens (primary N) is 1. The number of benzene rings is 1. The maximum Gasteiger partial charge on any atom is 0.227 e. The van der Waals surface area contributed by atoms with Gasteiger partial charge in [0.15, 0.2) is 0 Å². The number of nitrogens with zero attached hydrogens (tertiary/aromatic N) is 1. The third-order valence-corrected chi connectivity index (χ3v) is 3.91. The van der Waals surface area contributed by atoms with E-state index in [2.05, 4.69) is 0 Å². The van der Waals surface area contributed by atoms with Gasteiger partial charge < -0.3 is 10.6 Å². The Bertz CT molecular complexity index is 491. The monoisotopic (exact) mass is 282 g/mol. The Morgan fingerprint density at radius 3 is 2.90 bits per heavy atom. The normalized spacial score (nSPS) is 20.8. The third kappa shape index (κ3) is 3.54. The Labute approximate surface area is 117 Å². The van der Waals surface area contributed by atoms with Crippen molar-refractivity contribution in [1.29, 1.82) is 0 Å². The Morgan fingerprint density at radius 2 is 2.25 bits per heavy atom. The Kier molecular flexibility index (Phi) is 4.70. The molecule has 0 bridgehead atoms. The van der Waals surface area contributed by atoms with Crippen molar-refractivity contribution in [3.05, 3.63) is 35.4 Å². The van der Waals surface area contributed by atoms with E-state index >= 15 is 0 Å². The van der Waals surface area contributed by atoms with Crippen LogP contribution >= 0.6 is 0 Å². The molecule has 0 spiro atoms. The molecule has 2 rings (SSSR count). The molecule has 110 valence electrons. The van der Waals surface area contributed by atoms with Crippen LogP contribution in [0.15, 0.2) is 18.2 Å². The van der Waals surface area contributed by atoms with Crippen LogP contribution in [0.4, 0.5) is 8.78 Å². The maximum atomic E-state index is 13.6. The predicted molar refractivity (Wildman–Crippen MR) is 73.0 cm³/mol. The van der Waals surface area contributed by atoms with Crippen LogP contribution < -0.4 is 5.73 Å². The molecule has 2 unspecified atom stereocenters. The van der Waals surface area contributed by atoms with E-state index < -0.39 is 11.6 Å². The van der Waals surface area contributed by atoms with Gasteiger partial charge in [-0.25, -0.2) is 8.78 Å². The summed E-state index contributed by atoms with van der Waals surface area (Å²) >= 11 is 0. The quantitative estimate of drug-likeness (QED) is 0.922. The van der Waals surface area contributed by atoms with Crippen LogP contribution in [0.5, 0.6) is 0 Å². The van der Waals surface area contributed by atoms with Gasteiger partial charge >= 0.3 is 0 Å². The van der Waals surface area contributed by atoms with Crippen molar-refractivity contribution in [3.63, 3.8) is 0 Å². The average Bonchev–Trinajstić information content (AvgIpc) is 2.42. The number of carbonyl (C=O) groups is 1. The standard InChI is InChI=1S/C15H20F2N2O/c1-10(18)12-3-2-6-19(9-12)15(20)7-11-4-5-13(16)8-14(11)17/h4-5,8,10,12H,2-3,6-7,9,18H2,1H3. The zero-order valence-electron chi connectivity index (χ0n) is 11.6. The number of halogens is 2. The number of piperidine rings is 1. The summed E-state index contributed by atoms with van der Waals surface area (Å²) in [5, 5.41) is 0. The first kappa shape index (κ1) is 14.9. The number of carbonyl (C=O) groups excluding carboxylic acids is 1. The van der Waals surface area contributed by atoms with E-state index in [1.807, 2.05) is 6.92 Å². The number of hydrogen-bond acceptors (Lipinski definition) is 2. The molecule has 1 heterocycles. The Balaban J connectivity index is 2.00. The van der Waals surface area contributed by atoms with Gasteiger partial charge in [-0.3, -0.25) is 4.79 Å². The van der Waals surface area contributed by atoms with Crippen LogP contribution in [0.3, 0.4) is 0 Å². The minimum absolute atomic E-state index is 0.0300. The minimum atomic E-state index is -0.667. The molecule has 1 aliphatic heterocycles. The summed E-state index contributed by atoms with van der Waals surface area (Å²) in [6.07, 6.45) is 1.91. The van der Waals surface area contributed by atoms with Crippen molar-refractivity contribution in [2.45, 2.75) is 32.2 Å². The summed E-state index contributed by atoms with van der Waals surface area (Å²) in [4.78, 5) is 13.9. The molecule has 5 heteroatoms. The van der Waals surface area contributed by atoms with E-state index in [1.54, 1.807) is 4.90 Å². The van der Waals surface area contributed by atoms with Gasteiger partial charge in [-0.1, -0.05) is 6.07 Å². The van der Waals surface area contributed by atoms with Gasteiger partial charge in [-0.15, -0.1) is 0 Å². The molecule has 1 aliphatic rings. The molecule has 1 aromatic rings. The van der Waals surface area contributed by atoms with Crippen molar-refractivity contribution in [1.82, 2.24) is 4.90 Å². The smallest absolute Gasteiger partial charge is 0.227 e. The molecule has 1 fully saturated rings. The summed E-state index contributed by atoms with van der Waals surface area (Å²) in [5.74, 6) is -1.13. The van der Waals surface area contributed by atoms with E-state index in [0.29, 0.717) is 19.0 Å². The molecule has 3 nitrogen and oxygen atoms in total. The predicted octanol–water partition coefficient (Wildman–Crippen LogP) is 2.09. The first-order valence-corrected chi connectivity index (χ1v) is 6.94. The molecular weight excluding hydrogens is 262 g/mol. The first-order chi connectivity index (χ1) is 9.47. The fraction of sp³-hybridized carbons (Fsp3) is 0.533. The van der Waals surface area contributed by atoms with Crippen LogP contribution in [-0.2, 0) is 11.2 Å². The van der Waals surface area contributed by atoms with Gasteiger partial charge in [0.05, 0.1) is 6.42 Å². The van der Waals surface area contributed by atoms with Gasteiger partial charge in [0, 0.05) is 25.2 Å². The molecule has 0 radical (unpaired) electrons. The maximum absolute atomic E-state index is 13.6. The molecule has 0 aliphatic carbocycles. The van der Waals surface area contributed by atoms with E-state index in [9.17, 15) is 13.6 Å². The van der Waals surface area contributed by atoms with Crippen LogP contribution in [0, 0.1) is 17.6 Å². The summed E-state index contributed by atoms with van der Waals surface area (Å²) in [7, 11) is 0. The lowest BCUT2D eigenvalue weighted by molar-refractivity contribution is -0.132. The minimum Gasteiger partial charge on any atom is -0.342 e. The van der Waals surface area contributed by atoms with E-state index in [4.69, 9.17) is 5.73 Å². The zero-order valence-corrected chi connectivity index (χ0v) is 11.6. The highest BCUT2D eigenvalue weighted by Crippen LogP contribution is 2.20. The summed E-state index contributed by atoms with van der Waals surface area (Å²) < 4.78 is 26.4. The molecule has 1 aromatic carbocycles. The van der Waals surface area contributed by atoms with Crippen molar-refractivity contribution >= 4 is 5.91 Å². The van der Waals surface area contributed by atoms with E-state index in [0.717, 1.165) is 18.9 Å². The fourth-order valence-corrected chi connectivity index (χ4v) is 2.61. The van der Waals surface area contributed by atoms with Gasteiger partial charge in [0.25, 0.3) is 0 Å². The molecule has 1 saturated heterocycles. The molecule has 0 aromatic heterocycles. The fourth-order valence-electron chi connectivity index (χ4n) is 2.61. The molecule has 20 heavy (non-hydrogen) atoms. The lowest BCUT2D eigenvalue weighted by Crippen LogP contribution is -2.45. The molecular formula is C15H20F2N2O. The van der Waals surface area contributed by atoms with Crippen LogP contribution in [-0.4, -0.2) is 29.9 Å². The van der Waals surface area contributed by atoms with Gasteiger partial charge in [-0.2, -0.15) is 0 Å². The van der Waals surface area contributed by atoms with Crippen molar-refractivity contribution in [2.75, 3.05) is 13.1 Å². The highest BCUT2D eigenvalue weighted by Gasteiger charge is 2.26. The second kappa shape index (κ2) is 6.31. The molecule has 0 saturated carbocycles. The van der Waals surface area contributed by atoms with Crippen molar-refractivity contribution in [3.8, 4) is 0 Å². The number of hydrogen-bond donors (Lipinski definition) is 1. The largest absolute Gasteiger partial charge is 0.342 e. The van der Waals surface area contributed by atoms with Gasteiger partial charge in [0.2, 0.25) is 5.91 Å². The zero-order chi connectivity index (χ0) is 14.7. The highest BCUT2D eigenvalue weighted by atomic mass is 19.1. The highest BCUT2D eigenvalue weighted by molar-refractivity contribution is 5.79. The van der Waals surface area contributed by atoms with Gasteiger partial charge in [0.1, 0.15) is 11.6 Å². The van der Waals surface area contributed by atoms with Crippen LogP contribution in [0.1, 0.15) is 25.3 Å². The Morgan fingerprint density at radius 1 is 1.50 bits per heavy atom. The number of amides is 1. The Hall–Kier alpha value is -1.49. The lowest BCUT2D eigenvalue weighted by Gasteiger charge is -2.34. The molecule has 2 atom stereocenters. The van der Waals surface area contributed by atoms with Crippen LogP contribution in [0.2, 0.25) is 0 Å². The molecule has 1 amide bonds. The van der Waals surface area contributed by atoms with E-state index in [-0.39, 0.29) is 23.9 Å². The summed E-state index contributed by atoms with van der Waals surface area (Å²) in [5.41, 5.74) is 6.12. The van der Waals surface area contributed by atoms with Crippen molar-refractivity contribution < 1.29 is 13.6 Å². The summed E-state index contributed by atoms with van der Waals surface area (Å²) in [6, 6.07) is 3.36. The second-order valence-corrected chi connectivity index (χ2v) is 5.51. The third-order valence-electron chi connectivity index (χ3n) is 3.91. The van der Waals surface area contributed by atoms with Gasteiger partial charge in [-0.05, 0) is 37.3 Å². The van der Waals surface area contributed by atoms with Crippen molar-refractivity contribution in [2.24, 2.45) is 11.7 Å². The first-order valence-electron chi connectivity index (χ1n) is 6.94.